The van der Waals surface area contributed by atoms with Gasteiger partial charge in [-0.05, 0) is 71.6 Å². The van der Waals surface area contributed by atoms with Crippen LogP contribution in [0, 0.1) is 0 Å². The van der Waals surface area contributed by atoms with Crippen molar-refractivity contribution >= 4 is 23.1 Å². The summed E-state index contributed by atoms with van der Waals surface area (Å²) in [5, 5.41) is 11.6. The highest BCUT2D eigenvalue weighted by Gasteiger charge is 2.47. The molecule has 6 rings (SSSR count). The molecule has 1 unspecified atom stereocenters. The van der Waals surface area contributed by atoms with E-state index in [0.29, 0.717) is 22.7 Å². The number of anilines is 1. The summed E-state index contributed by atoms with van der Waals surface area (Å²) in [6.07, 6.45) is 4.22. The average molecular weight is 510 g/mol. The molecule has 2 heterocycles. The van der Waals surface area contributed by atoms with Crippen LogP contribution >= 0.6 is 0 Å². The summed E-state index contributed by atoms with van der Waals surface area (Å²) in [5.41, 5.74) is 5.45. The van der Waals surface area contributed by atoms with E-state index in [-0.39, 0.29) is 23.5 Å². The quantitative estimate of drug-likeness (QED) is 0.258. The zero-order valence-electron chi connectivity index (χ0n) is 21.9. The van der Waals surface area contributed by atoms with Crippen molar-refractivity contribution in [1.29, 1.82) is 0 Å². The lowest BCUT2D eigenvalue weighted by molar-refractivity contribution is -0.132. The molecule has 6 heteroatoms. The van der Waals surface area contributed by atoms with Gasteiger partial charge in [-0.1, -0.05) is 57.2 Å². The van der Waals surface area contributed by atoms with Gasteiger partial charge < -0.3 is 14.6 Å². The minimum atomic E-state index is -0.791. The average Bonchev–Trinajstić information content (AvgIpc) is 3.49. The van der Waals surface area contributed by atoms with Gasteiger partial charge >= 0.3 is 0 Å². The molecule has 38 heavy (non-hydrogen) atoms. The van der Waals surface area contributed by atoms with Crippen molar-refractivity contribution in [3.63, 3.8) is 0 Å². The summed E-state index contributed by atoms with van der Waals surface area (Å²) in [6.45, 7) is 6.51. The van der Waals surface area contributed by atoms with E-state index in [1.807, 2.05) is 42.5 Å². The van der Waals surface area contributed by atoms with Crippen LogP contribution in [-0.4, -0.2) is 23.6 Å². The maximum atomic E-state index is 13.6. The first-order valence-corrected chi connectivity index (χ1v) is 13.2. The number of carbonyl (C=O) groups excluding carboxylic acids is 2. The zero-order valence-corrected chi connectivity index (χ0v) is 21.9. The lowest BCUT2D eigenvalue weighted by Crippen LogP contribution is -2.29. The van der Waals surface area contributed by atoms with Crippen LogP contribution < -0.4 is 14.4 Å². The van der Waals surface area contributed by atoms with Crippen molar-refractivity contribution in [2.45, 2.75) is 57.9 Å². The Bertz CT molecular complexity index is 1480. The normalized spacial score (nSPS) is 20.1. The van der Waals surface area contributed by atoms with Gasteiger partial charge in [-0.3, -0.25) is 14.5 Å². The van der Waals surface area contributed by atoms with Gasteiger partial charge in [0.05, 0.1) is 11.6 Å². The zero-order chi connectivity index (χ0) is 26.6. The van der Waals surface area contributed by atoms with Crippen LogP contribution in [0.2, 0.25) is 0 Å². The highest BCUT2D eigenvalue weighted by Crippen LogP contribution is 2.45. The molecule has 1 atom stereocenters. The molecule has 0 spiro atoms. The first-order chi connectivity index (χ1) is 18.2. The summed E-state index contributed by atoms with van der Waals surface area (Å²) < 4.78 is 11.0. The minimum absolute atomic E-state index is 0.0548. The van der Waals surface area contributed by atoms with Gasteiger partial charge in [0.1, 0.15) is 5.76 Å². The number of ketones is 1. The number of fused-ring (bicyclic) bond motifs is 2. The third-order valence-electron chi connectivity index (χ3n) is 7.79. The van der Waals surface area contributed by atoms with E-state index < -0.39 is 17.7 Å². The fourth-order valence-corrected chi connectivity index (χ4v) is 5.65. The Morgan fingerprint density at radius 2 is 1.58 bits per heavy atom. The number of benzene rings is 3. The maximum Gasteiger partial charge on any atom is 0.300 e. The number of amides is 1. The van der Waals surface area contributed by atoms with Gasteiger partial charge in [-0.2, -0.15) is 0 Å². The molecule has 6 nitrogen and oxygen atoms in total. The van der Waals surface area contributed by atoms with E-state index in [1.165, 1.54) is 16.0 Å². The van der Waals surface area contributed by atoms with E-state index in [2.05, 4.69) is 20.8 Å². The largest absolute Gasteiger partial charge is 0.507 e. The van der Waals surface area contributed by atoms with Crippen LogP contribution in [0.15, 0.2) is 66.2 Å². The summed E-state index contributed by atoms with van der Waals surface area (Å²) in [6, 6.07) is 18.2. The number of rotatable bonds is 3. The van der Waals surface area contributed by atoms with Gasteiger partial charge in [-0.25, -0.2) is 0 Å². The Kier molecular flexibility index (Phi) is 5.78. The Balaban J connectivity index is 1.51. The molecule has 2 aliphatic heterocycles. The predicted octanol–water partition coefficient (Wildman–Crippen LogP) is 6.22. The predicted molar refractivity (Wildman–Crippen MR) is 146 cm³/mol. The fraction of sp³-hybridized carbons (Fsp3) is 0.312. The van der Waals surface area contributed by atoms with Crippen LogP contribution in [0.4, 0.5) is 5.69 Å². The molecule has 3 aromatic carbocycles. The van der Waals surface area contributed by atoms with Crippen molar-refractivity contribution in [2.75, 3.05) is 11.7 Å². The van der Waals surface area contributed by atoms with E-state index >= 15 is 0 Å². The lowest BCUT2D eigenvalue weighted by Gasteiger charge is -2.27. The third-order valence-corrected chi connectivity index (χ3v) is 7.79. The first-order valence-electron chi connectivity index (χ1n) is 13.2. The molecule has 1 saturated heterocycles. The van der Waals surface area contributed by atoms with Gasteiger partial charge in [0.15, 0.2) is 11.5 Å². The highest BCUT2D eigenvalue weighted by molar-refractivity contribution is 6.51. The minimum Gasteiger partial charge on any atom is -0.507 e. The van der Waals surface area contributed by atoms with E-state index in [9.17, 15) is 14.7 Å². The molecule has 3 aliphatic rings. The lowest BCUT2D eigenvalue weighted by atomic mass is 9.85. The molecule has 1 N–H and O–H groups in total. The van der Waals surface area contributed by atoms with Gasteiger partial charge in [-0.15, -0.1) is 0 Å². The van der Waals surface area contributed by atoms with Gasteiger partial charge in [0.25, 0.3) is 11.7 Å². The van der Waals surface area contributed by atoms with Crippen LogP contribution in [0.1, 0.15) is 67.5 Å². The van der Waals surface area contributed by atoms with Crippen molar-refractivity contribution in [3.8, 4) is 11.5 Å². The summed E-state index contributed by atoms with van der Waals surface area (Å²) in [7, 11) is 0. The fourth-order valence-electron chi connectivity index (χ4n) is 5.65. The second-order valence-corrected chi connectivity index (χ2v) is 11.3. The van der Waals surface area contributed by atoms with Crippen LogP contribution in [0.5, 0.6) is 11.5 Å². The second kappa shape index (κ2) is 9.05. The molecular weight excluding hydrogens is 478 g/mol. The van der Waals surface area contributed by atoms with Crippen LogP contribution in [0.3, 0.4) is 0 Å². The first kappa shape index (κ1) is 24.3. The SMILES string of the molecule is CC(C)(C)c1ccc(C2/C(=C(/O)c3ccc4c(c3)CCCC4)C(=O)C(=O)N2c2ccc3c(c2)OCO3)cc1. The molecular formula is C32H31NO5. The van der Waals surface area contributed by atoms with E-state index in [1.54, 1.807) is 18.2 Å². The Morgan fingerprint density at radius 3 is 2.32 bits per heavy atom. The Labute approximate surface area is 222 Å². The molecule has 0 aromatic heterocycles. The van der Waals surface area contributed by atoms with Crippen molar-refractivity contribution in [2.24, 2.45) is 0 Å². The Morgan fingerprint density at radius 1 is 0.868 bits per heavy atom. The molecule has 1 amide bonds. The monoisotopic (exact) mass is 509 g/mol. The molecule has 1 aliphatic carbocycles. The van der Waals surface area contributed by atoms with Crippen molar-refractivity contribution in [1.82, 2.24) is 0 Å². The summed E-state index contributed by atoms with van der Waals surface area (Å²) >= 11 is 0. The molecule has 0 bridgehead atoms. The van der Waals surface area contributed by atoms with E-state index in [4.69, 9.17) is 9.47 Å². The molecule has 0 saturated carbocycles. The summed E-state index contributed by atoms with van der Waals surface area (Å²) in [5.74, 6) is -0.438. The smallest absolute Gasteiger partial charge is 0.300 e. The number of hydrogen-bond donors (Lipinski definition) is 1. The summed E-state index contributed by atoms with van der Waals surface area (Å²) in [4.78, 5) is 28.6. The molecule has 0 radical (unpaired) electrons. The Hall–Kier alpha value is -4.06. The molecule has 1 fully saturated rings. The number of ether oxygens (including phenoxy) is 2. The van der Waals surface area contributed by atoms with Crippen LogP contribution in [0.25, 0.3) is 5.76 Å². The van der Waals surface area contributed by atoms with Crippen molar-refractivity contribution < 1.29 is 24.2 Å². The van der Waals surface area contributed by atoms with Gasteiger partial charge in [0, 0.05) is 17.3 Å². The molecule has 3 aromatic rings. The number of Topliss-reactive ketones (excluding diaryl/α,β-unsaturated/α-hetero) is 1. The third kappa shape index (κ3) is 4.05. The topological polar surface area (TPSA) is 76.1 Å². The number of aliphatic hydroxyl groups excluding tert-OH is 1. The van der Waals surface area contributed by atoms with Crippen molar-refractivity contribution in [3.05, 3.63) is 94.1 Å². The van der Waals surface area contributed by atoms with Gasteiger partial charge in [0.2, 0.25) is 6.79 Å². The maximum absolute atomic E-state index is 13.6. The number of hydrogen-bond acceptors (Lipinski definition) is 5. The highest BCUT2D eigenvalue weighted by atomic mass is 16.7. The number of carbonyl (C=O) groups is 2. The van der Waals surface area contributed by atoms with E-state index in [0.717, 1.165) is 36.8 Å². The number of nitrogens with zero attached hydrogens (tertiary/aromatic N) is 1. The number of aliphatic hydroxyl groups is 1. The molecule has 194 valence electrons. The van der Waals surface area contributed by atoms with Crippen LogP contribution in [-0.2, 0) is 27.8 Å². The standard InChI is InChI=1S/C32H31NO5/c1-32(2,3)23-12-10-20(11-13-23)28-27(29(34)22-9-8-19-6-4-5-7-21(19)16-22)30(35)31(36)33(28)24-14-15-25-26(17-24)38-18-37-25/h8-17,28,34H,4-7,18H2,1-3H3/b29-27-. The number of aryl methyl sites for hydroxylation is 2. The second-order valence-electron chi connectivity index (χ2n) is 11.3.